The summed E-state index contributed by atoms with van der Waals surface area (Å²) in [6, 6.07) is 3.26. The Kier molecular flexibility index (Phi) is 5.36. The largest absolute Gasteiger partial charge is 0.711 e. The van der Waals surface area contributed by atoms with Crippen LogP contribution in [0.2, 0.25) is 0 Å². The summed E-state index contributed by atoms with van der Waals surface area (Å²) in [5.74, 6) is -0.534. The molecular formula is C12H14F3N3O2. The molecule has 0 aromatic carbocycles. The zero-order chi connectivity index (χ0) is 15.2. The summed E-state index contributed by atoms with van der Waals surface area (Å²) in [6.07, 6.45) is -2.89. The van der Waals surface area contributed by atoms with Crippen molar-refractivity contribution in [3.05, 3.63) is 41.3 Å². The zero-order valence-corrected chi connectivity index (χ0v) is 10.7. The van der Waals surface area contributed by atoms with Crippen LogP contribution < -0.4 is 15.4 Å². The van der Waals surface area contributed by atoms with Crippen LogP contribution in [0.3, 0.4) is 0 Å². The van der Waals surface area contributed by atoms with E-state index in [1.807, 2.05) is 6.92 Å². The molecule has 0 aliphatic rings. The summed E-state index contributed by atoms with van der Waals surface area (Å²) in [7, 11) is 0. The number of pyridine rings is 1. The molecule has 1 heterocycles. The van der Waals surface area contributed by atoms with Gasteiger partial charge in [0.05, 0.1) is 12.7 Å². The topological polar surface area (TPSA) is 68.1 Å². The minimum atomic E-state index is -4.51. The normalized spacial score (nSPS) is 11.6. The third kappa shape index (κ3) is 6.07. The van der Waals surface area contributed by atoms with Crippen LogP contribution in [-0.4, -0.2) is 25.2 Å². The number of rotatable bonds is 5. The monoisotopic (exact) mass is 289 g/mol. The molecule has 0 bridgehead atoms. The number of allylic oxidation sites excluding steroid dienone is 1. The minimum absolute atomic E-state index is 0.0922. The Hall–Kier alpha value is -2.25. The summed E-state index contributed by atoms with van der Waals surface area (Å²) in [5, 5.41) is 16.4. The predicted octanol–water partition coefficient (Wildman–Crippen LogP) is 1.28. The molecule has 0 radical (unpaired) electrons. The Morgan fingerprint density at radius 3 is 2.80 bits per heavy atom. The molecule has 0 aliphatic carbocycles. The minimum Gasteiger partial charge on any atom is -0.711 e. The van der Waals surface area contributed by atoms with Crippen LogP contribution >= 0.6 is 0 Å². The summed E-state index contributed by atoms with van der Waals surface area (Å²) in [6.45, 7) is 2.13. The van der Waals surface area contributed by atoms with Gasteiger partial charge in [-0.15, -0.1) is 0 Å². The van der Waals surface area contributed by atoms with Crippen molar-refractivity contribution in [2.24, 2.45) is 0 Å². The molecule has 110 valence electrons. The quantitative estimate of drug-likeness (QED) is 0.371. The molecule has 1 amide bonds. The highest BCUT2D eigenvalue weighted by molar-refractivity contribution is 5.87. The van der Waals surface area contributed by atoms with Gasteiger partial charge in [-0.3, -0.25) is 10.1 Å². The number of anilines is 1. The maximum Gasteiger partial charge on any atom is 0.409 e. The number of nitrogens with one attached hydrogen (secondary N) is 2. The summed E-state index contributed by atoms with van der Waals surface area (Å²) < 4.78 is 36.0. The van der Waals surface area contributed by atoms with Crippen LogP contribution in [0.25, 0.3) is 0 Å². The number of alkyl halides is 3. The van der Waals surface area contributed by atoms with E-state index in [9.17, 15) is 23.2 Å². The smallest absolute Gasteiger partial charge is 0.409 e. The van der Waals surface area contributed by atoms with Gasteiger partial charge in [0, 0.05) is 18.2 Å². The van der Waals surface area contributed by atoms with Crippen LogP contribution in [0.4, 0.5) is 19.0 Å². The number of aryl methyl sites for hydroxylation is 1. The third-order valence-electron chi connectivity index (χ3n) is 2.23. The van der Waals surface area contributed by atoms with Gasteiger partial charge in [0.2, 0.25) is 5.91 Å². The lowest BCUT2D eigenvalue weighted by Crippen LogP contribution is -2.33. The number of halogens is 3. The van der Waals surface area contributed by atoms with Gasteiger partial charge in [-0.25, -0.2) is 4.73 Å². The standard InChI is InChI=1S/C12H14F3N3O2/c1-9-3-7-18(20)10(8-9)16-5-6-17-11(19)2-4-12(13,14)15/h2-4,7-8,16H,5-6H2,1H3,(H,17,19)/b4-2+. The van der Waals surface area contributed by atoms with E-state index >= 15 is 0 Å². The molecule has 2 N–H and O–H groups in total. The second-order valence-electron chi connectivity index (χ2n) is 4.01. The predicted molar refractivity (Wildman–Crippen MR) is 66.8 cm³/mol. The molecule has 0 saturated carbocycles. The number of aromatic nitrogens is 1. The van der Waals surface area contributed by atoms with Crippen molar-refractivity contribution < 1.29 is 22.7 Å². The first-order valence-electron chi connectivity index (χ1n) is 5.75. The summed E-state index contributed by atoms with van der Waals surface area (Å²) in [4.78, 5) is 11.0. The third-order valence-corrected chi connectivity index (χ3v) is 2.23. The van der Waals surface area contributed by atoms with Gasteiger partial charge in [-0.1, -0.05) is 0 Å². The van der Waals surface area contributed by atoms with E-state index in [1.54, 1.807) is 12.1 Å². The average molecular weight is 289 g/mol. The van der Waals surface area contributed by atoms with E-state index in [4.69, 9.17) is 0 Å². The number of hydrogen-bond acceptors (Lipinski definition) is 3. The van der Waals surface area contributed by atoms with Crippen molar-refractivity contribution in [1.82, 2.24) is 5.32 Å². The average Bonchev–Trinajstić information content (AvgIpc) is 2.35. The Bertz CT molecular complexity index is 501. The van der Waals surface area contributed by atoms with Gasteiger partial charge in [0.1, 0.15) is 6.54 Å². The molecule has 5 nitrogen and oxygen atoms in total. The fourth-order valence-corrected chi connectivity index (χ4v) is 1.33. The van der Waals surface area contributed by atoms with Crippen molar-refractivity contribution in [1.29, 1.82) is 0 Å². The van der Waals surface area contributed by atoms with Crippen molar-refractivity contribution in [3.8, 4) is 0 Å². The Balaban J connectivity index is 2.33. The Morgan fingerprint density at radius 1 is 1.45 bits per heavy atom. The number of hydrogen-bond donors (Lipinski definition) is 2. The van der Waals surface area contributed by atoms with Crippen molar-refractivity contribution in [2.45, 2.75) is 13.1 Å². The number of nitrogens with zero attached hydrogens (tertiary/aromatic N) is 1. The van der Waals surface area contributed by atoms with E-state index < -0.39 is 12.1 Å². The number of carbonyl (C=O) groups excluding carboxylic acids is 1. The fourth-order valence-electron chi connectivity index (χ4n) is 1.33. The van der Waals surface area contributed by atoms with Gasteiger partial charge in [-0.2, -0.15) is 13.2 Å². The molecule has 0 atom stereocenters. The molecular weight excluding hydrogens is 275 g/mol. The number of amides is 1. The first-order chi connectivity index (χ1) is 9.28. The SMILES string of the molecule is Cc1cc[n+]([O-])c(NCCNC(=O)/C=C/C(F)(F)F)c1. The first kappa shape index (κ1) is 15.8. The Morgan fingerprint density at radius 2 is 2.15 bits per heavy atom. The molecule has 20 heavy (non-hydrogen) atoms. The van der Waals surface area contributed by atoms with Crippen LogP contribution in [-0.2, 0) is 4.79 Å². The van der Waals surface area contributed by atoms with Gasteiger partial charge in [0.15, 0.2) is 0 Å². The highest BCUT2D eigenvalue weighted by atomic mass is 19.4. The van der Waals surface area contributed by atoms with Crippen molar-refractivity contribution in [2.75, 3.05) is 18.4 Å². The Labute approximate surface area is 113 Å². The first-order valence-corrected chi connectivity index (χ1v) is 5.75. The van der Waals surface area contributed by atoms with Crippen LogP contribution in [0.1, 0.15) is 5.56 Å². The highest BCUT2D eigenvalue weighted by Crippen LogP contribution is 2.15. The maximum atomic E-state index is 11.8. The maximum absolute atomic E-state index is 11.8. The van der Waals surface area contributed by atoms with Crippen LogP contribution in [0.5, 0.6) is 0 Å². The molecule has 0 unspecified atom stereocenters. The van der Waals surface area contributed by atoms with Crippen molar-refractivity contribution in [3.63, 3.8) is 0 Å². The molecule has 1 aromatic heterocycles. The molecule has 8 heteroatoms. The summed E-state index contributed by atoms with van der Waals surface area (Å²) >= 11 is 0. The molecule has 0 fully saturated rings. The van der Waals surface area contributed by atoms with Gasteiger partial charge < -0.3 is 10.5 Å². The highest BCUT2D eigenvalue weighted by Gasteiger charge is 2.22. The van der Waals surface area contributed by atoms with E-state index in [1.165, 1.54) is 6.20 Å². The second kappa shape index (κ2) is 6.78. The van der Waals surface area contributed by atoms with Gasteiger partial charge in [0.25, 0.3) is 5.82 Å². The second-order valence-corrected chi connectivity index (χ2v) is 4.01. The summed E-state index contributed by atoms with van der Waals surface area (Å²) in [5.41, 5.74) is 0.886. The lowest BCUT2D eigenvalue weighted by molar-refractivity contribution is -0.590. The zero-order valence-electron chi connectivity index (χ0n) is 10.7. The van der Waals surface area contributed by atoms with Gasteiger partial charge in [-0.05, 0) is 18.6 Å². The van der Waals surface area contributed by atoms with Crippen molar-refractivity contribution >= 4 is 11.7 Å². The molecule has 0 spiro atoms. The molecule has 0 aliphatic heterocycles. The van der Waals surface area contributed by atoms with E-state index in [0.717, 1.165) is 5.56 Å². The number of carbonyl (C=O) groups is 1. The molecule has 1 rings (SSSR count). The van der Waals surface area contributed by atoms with Crippen LogP contribution in [0, 0.1) is 12.1 Å². The molecule has 1 aromatic rings. The van der Waals surface area contributed by atoms with Gasteiger partial charge >= 0.3 is 6.18 Å². The lowest BCUT2D eigenvalue weighted by atomic mass is 10.3. The van der Waals surface area contributed by atoms with E-state index in [-0.39, 0.29) is 19.2 Å². The molecule has 0 saturated heterocycles. The fraction of sp³-hybridized carbons (Fsp3) is 0.333. The lowest BCUT2D eigenvalue weighted by Gasteiger charge is -2.09. The van der Waals surface area contributed by atoms with E-state index in [0.29, 0.717) is 16.6 Å². The van der Waals surface area contributed by atoms with E-state index in [2.05, 4.69) is 10.6 Å². The van der Waals surface area contributed by atoms with Crippen LogP contribution in [0.15, 0.2) is 30.5 Å².